The average Bonchev–Trinajstić information content (AvgIpc) is 3.03. The number of aromatic nitrogens is 3. The van der Waals surface area contributed by atoms with Gasteiger partial charge in [0.1, 0.15) is 5.82 Å². The minimum Gasteiger partial charge on any atom is -0.306 e. The molecule has 5 nitrogen and oxygen atoms in total. The molecule has 140 valence electrons. The lowest BCUT2D eigenvalue weighted by molar-refractivity contribution is 0.102. The van der Waals surface area contributed by atoms with Gasteiger partial charge in [-0.05, 0) is 50.1 Å². The molecule has 0 saturated heterocycles. The van der Waals surface area contributed by atoms with Gasteiger partial charge in [0.2, 0.25) is 0 Å². The fourth-order valence-electron chi connectivity index (χ4n) is 3.24. The molecular formula is C22H19ClN4O. The van der Waals surface area contributed by atoms with Crippen LogP contribution in [-0.2, 0) is 0 Å². The van der Waals surface area contributed by atoms with E-state index in [1.54, 1.807) is 28.9 Å². The first-order valence-corrected chi connectivity index (χ1v) is 9.32. The van der Waals surface area contributed by atoms with Crippen LogP contribution >= 0.6 is 11.6 Å². The van der Waals surface area contributed by atoms with Gasteiger partial charge in [0.25, 0.3) is 5.91 Å². The molecule has 0 aliphatic rings. The van der Waals surface area contributed by atoms with Crippen molar-refractivity contribution in [2.45, 2.75) is 20.8 Å². The number of benzene rings is 2. The van der Waals surface area contributed by atoms with E-state index in [1.165, 1.54) is 0 Å². The van der Waals surface area contributed by atoms with Crippen LogP contribution in [-0.4, -0.2) is 20.7 Å². The van der Waals surface area contributed by atoms with E-state index in [2.05, 4.69) is 16.5 Å². The third kappa shape index (κ3) is 3.25. The van der Waals surface area contributed by atoms with Crippen LogP contribution in [0.4, 0.5) is 5.82 Å². The topological polar surface area (TPSA) is 59.8 Å². The molecule has 2 aromatic carbocycles. The molecule has 28 heavy (non-hydrogen) atoms. The Balaban J connectivity index is 1.78. The number of fused-ring (bicyclic) bond motifs is 1. The maximum Gasteiger partial charge on any atom is 0.258 e. The van der Waals surface area contributed by atoms with Gasteiger partial charge in [0.05, 0.1) is 21.8 Å². The molecule has 0 unspecified atom stereocenters. The van der Waals surface area contributed by atoms with Crippen molar-refractivity contribution in [3.8, 4) is 5.82 Å². The molecule has 1 amide bonds. The van der Waals surface area contributed by atoms with Crippen LogP contribution in [0.1, 0.15) is 27.2 Å². The molecule has 2 heterocycles. The number of carbonyl (C=O) groups is 1. The number of hydrogen-bond acceptors (Lipinski definition) is 3. The van der Waals surface area contributed by atoms with E-state index >= 15 is 0 Å². The van der Waals surface area contributed by atoms with Crippen molar-refractivity contribution in [2.75, 3.05) is 5.32 Å². The highest BCUT2D eigenvalue weighted by molar-refractivity contribution is 6.34. The van der Waals surface area contributed by atoms with Crippen molar-refractivity contribution >= 4 is 34.2 Å². The third-order valence-corrected chi connectivity index (χ3v) is 4.97. The molecule has 0 fully saturated rings. The lowest BCUT2D eigenvalue weighted by Crippen LogP contribution is -2.16. The molecule has 0 aliphatic carbocycles. The van der Waals surface area contributed by atoms with Gasteiger partial charge in [-0.3, -0.25) is 4.79 Å². The van der Waals surface area contributed by atoms with Gasteiger partial charge in [-0.25, -0.2) is 4.98 Å². The fourth-order valence-corrected chi connectivity index (χ4v) is 3.47. The molecule has 6 heteroatoms. The van der Waals surface area contributed by atoms with E-state index in [4.69, 9.17) is 16.6 Å². The Morgan fingerprint density at radius 3 is 2.57 bits per heavy atom. The number of rotatable bonds is 3. The van der Waals surface area contributed by atoms with E-state index in [-0.39, 0.29) is 5.91 Å². The number of hydrogen-bond donors (Lipinski definition) is 1. The Morgan fingerprint density at radius 1 is 1.00 bits per heavy atom. The van der Waals surface area contributed by atoms with Gasteiger partial charge in [0.15, 0.2) is 5.82 Å². The largest absolute Gasteiger partial charge is 0.306 e. The SMILES string of the molecule is Cc1cc(NC(=O)c2ccccc2Cl)n(-c2cc(C)c3cccc(C)c3n2)n1. The number of amides is 1. The van der Waals surface area contributed by atoms with Crippen molar-refractivity contribution in [3.05, 3.63) is 82.0 Å². The van der Waals surface area contributed by atoms with E-state index in [1.807, 2.05) is 45.0 Å². The summed E-state index contributed by atoms with van der Waals surface area (Å²) in [6, 6.07) is 16.9. The lowest BCUT2D eigenvalue weighted by atomic mass is 10.1. The number of para-hydroxylation sites is 1. The summed E-state index contributed by atoms with van der Waals surface area (Å²) in [6.07, 6.45) is 0. The smallest absolute Gasteiger partial charge is 0.258 e. The number of aryl methyl sites for hydroxylation is 3. The molecule has 0 saturated carbocycles. The highest BCUT2D eigenvalue weighted by atomic mass is 35.5. The van der Waals surface area contributed by atoms with Crippen LogP contribution in [0.2, 0.25) is 5.02 Å². The van der Waals surface area contributed by atoms with Crippen LogP contribution in [0.15, 0.2) is 54.6 Å². The lowest BCUT2D eigenvalue weighted by Gasteiger charge is -2.12. The number of nitrogens with one attached hydrogen (secondary N) is 1. The van der Waals surface area contributed by atoms with Crippen molar-refractivity contribution in [2.24, 2.45) is 0 Å². The molecule has 0 atom stereocenters. The maximum absolute atomic E-state index is 12.7. The minimum atomic E-state index is -0.291. The van der Waals surface area contributed by atoms with Gasteiger partial charge in [-0.1, -0.05) is 41.9 Å². The quantitative estimate of drug-likeness (QED) is 0.519. The van der Waals surface area contributed by atoms with Crippen LogP contribution in [0.3, 0.4) is 0 Å². The standard InChI is InChI=1S/C22H19ClN4O/c1-13-7-6-9-16-14(2)11-19(24-21(13)16)27-20(12-15(3)26-27)25-22(28)17-8-4-5-10-18(17)23/h4-12H,1-3H3,(H,25,28). The van der Waals surface area contributed by atoms with Crippen molar-refractivity contribution < 1.29 is 4.79 Å². The first kappa shape index (κ1) is 18.2. The Bertz CT molecular complexity index is 1210. The average molecular weight is 391 g/mol. The predicted octanol–water partition coefficient (Wildman–Crippen LogP) is 5.25. The summed E-state index contributed by atoms with van der Waals surface area (Å²) in [4.78, 5) is 17.5. The summed E-state index contributed by atoms with van der Waals surface area (Å²) >= 11 is 6.16. The second kappa shape index (κ2) is 7.09. The molecule has 4 aromatic rings. The second-order valence-corrected chi connectivity index (χ2v) is 7.19. The summed E-state index contributed by atoms with van der Waals surface area (Å²) < 4.78 is 1.66. The number of halogens is 1. The first-order valence-electron chi connectivity index (χ1n) is 8.94. The van der Waals surface area contributed by atoms with Gasteiger partial charge >= 0.3 is 0 Å². The van der Waals surface area contributed by atoms with Crippen LogP contribution in [0.25, 0.3) is 16.7 Å². The monoisotopic (exact) mass is 390 g/mol. The maximum atomic E-state index is 12.7. The van der Waals surface area contributed by atoms with Gasteiger partial charge in [0, 0.05) is 11.5 Å². The molecule has 0 bridgehead atoms. The highest BCUT2D eigenvalue weighted by Gasteiger charge is 2.16. The Morgan fingerprint density at radius 2 is 1.79 bits per heavy atom. The third-order valence-electron chi connectivity index (χ3n) is 4.64. The summed E-state index contributed by atoms with van der Waals surface area (Å²) in [6.45, 7) is 5.96. The summed E-state index contributed by atoms with van der Waals surface area (Å²) in [5.41, 5.74) is 4.30. The molecule has 0 spiro atoms. The van der Waals surface area contributed by atoms with Crippen molar-refractivity contribution in [3.63, 3.8) is 0 Å². The normalized spacial score (nSPS) is 11.0. The molecule has 0 radical (unpaired) electrons. The summed E-state index contributed by atoms with van der Waals surface area (Å²) in [7, 11) is 0. The minimum absolute atomic E-state index is 0.291. The zero-order valence-corrected chi connectivity index (χ0v) is 16.6. The number of pyridine rings is 1. The summed E-state index contributed by atoms with van der Waals surface area (Å²) in [5, 5.41) is 8.95. The van der Waals surface area contributed by atoms with Gasteiger partial charge < -0.3 is 5.32 Å². The molecule has 4 rings (SSSR count). The number of nitrogens with zero attached hydrogens (tertiary/aromatic N) is 3. The number of carbonyl (C=O) groups excluding carboxylic acids is 1. The zero-order valence-electron chi connectivity index (χ0n) is 15.8. The van der Waals surface area contributed by atoms with Crippen LogP contribution in [0.5, 0.6) is 0 Å². The van der Waals surface area contributed by atoms with Crippen LogP contribution < -0.4 is 5.32 Å². The predicted molar refractivity (Wildman–Crippen MR) is 112 cm³/mol. The molecule has 0 aliphatic heterocycles. The Hall–Kier alpha value is -3.18. The highest BCUT2D eigenvalue weighted by Crippen LogP contribution is 2.25. The second-order valence-electron chi connectivity index (χ2n) is 6.79. The molecule has 2 aromatic heterocycles. The van der Waals surface area contributed by atoms with E-state index in [0.29, 0.717) is 22.2 Å². The molecular weight excluding hydrogens is 372 g/mol. The van der Waals surface area contributed by atoms with E-state index in [0.717, 1.165) is 27.7 Å². The van der Waals surface area contributed by atoms with Crippen molar-refractivity contribution in [1.82, 2.24) is 14.8 Å². The van der Waals surface area contributed by atoms with E-state index < -0.39 is 0 Å². The van der Waals surface area contributed by atoms with Gasteiger partial charge in [-0.15, -0.1) is 0 Å². The van der Waals surface area contributed by atoms with Crippen LogP contribution in [0, 0.1) is 20.8 Å². The fraction of sp³-hybridized carbons (Fsp3) is 0.136. The molecule has 1 N–H and O–H groups in total. The zero-order chi connectivity index (χ0) is 19.8. The summed E-state index contributed by atoms with van der Waals surface area (Å²) in [5.74, 6) is 0.907. The van der Waals surface area contributed by atoms with Gasteiger partial charge in [-0.2, -0.15) is 9.78 Å². The Labute approximate surface area is 168 Å². The first-order chi connectivity index (χ1) is 13.4. The Kier molecular flexibility index (Phi) is 4.61. The number of anilines is 1. The van der Waals surface area contributed by atoms with E-state index in [9.17, 15) is 4.79 Å². The van der Waals surface area contributed by atoms with Crippen molar-refractivity contribution in [1.29, 1.82) is 0 Å².